The topological polar surface area (TPSA) is 70.2 Å². The van der Waals surface area contributed by atoms with Gasteiger partial charge in [-0.3, -0.25) is 24.2 Å². The molecule has 7 nitrogen and oxygen atoms in total. The van der Waals surface area contributed by atoms with E-state index in [9.17, 15) is 14.4 Å². The average molecular weight is 466 g/mol. The Bertz CT molecular complexity index is 1050. The normalized spacial score (nSPS) is 18.4. The molecule has 172 valence electrons. The van der Waals surface area contributed by atoms with Gasteiger partial charge in [0.1, 0.15) is 0 Å². The monoisotopic (exact) mass is 465 g/mol. The molecule has 2 aromatic rings. The Morgan fingerprint density at radius 2 is 1.79 bits per heavy atom. The maximum absolute atomic E-state index is 13.0. The Hall–Kier alpha value is -2.94. The molecule has 0 radical (unpaired) electrons. The second kappa shape index (κ2) is 10.8. The van der Waals surface area contributed by atoms with Crippen molar-refractivity contribution >= 4 is 34.9 Å². The Labute approximate surface area is 198 Å². The molecule has 0 aliphatic carbocycles. The number of hydrogen-bond acceptors (Lipinski definition) is 6. The Morgan fingerprint density at radius 1 is 1.03 bits per heavy atom. The van der Waals surface area contributed by atoms with Crippen LogP contribution in [-0.2, 0) is 16.1 Å². The average Bonchev–Trinajstić information content (AvgIpc) is 3.10. The number of thioether (sulfide) groups is 1. The smallest absolute Gasteiger partial charge is 0.293 e. The summed E-state index contributed by atoms with van der Waals surface area (Å²) in [5.74, 6) is -0.327. The number of piperazine rings is 1. The summed E-state index contributed by atoms with van der Waals surface area (Å²) in [6.45, 7) is 4.79. The van der Waals surface area contributed by atoms with Crippen LogP contribution in [0, 0.1) is 0 Å². The molecule has 0 unspecified atom stereocenters. The summed E-state index contributed by atoms with van der Waals surface area (Å²) >= 11 is 0.932. The zero-order chi connectivity index (χ0) is 23.2. The second-order valence-electron chi connectivity index (χ2n) is 8.01. The number of amides is 3. The van der Waals surface area contributed by atoms with E-state index in [1.807, 2.05) is 47.4 Å². The SMILES string of the molecule is COCCN1CCN(C(=O)c2cccc(/C=C3\SC(=O)N(Cc4ccccc4)C3=O)c2)CC1. The highest BCUT2D eigenvalue weighted by molar-refractivity contribution is 8.18. The summed E-state index contributed by atoms with van der Waals surface area (Å²) in [4.78, 5) is 44.0. The summed E-state index contributed by atoms with van der Waals surface area (Å²) in [7, 11) is 1.69. The third-order valence-corrected chi connectivity index (χ3v) is 6.67. The maximum Gasteiger partial charge on any atom is 0.293 e. The summed E-state index contributed by atoms with van der Waals surface area (Å²) < 4.78 is 5.13. The maximum atomic E-state index is 13.0. The van der Waals surface area contributed by atoms with Gasteiger partial charge < -0.3 is 9.64 Å². The van der Waals surface area contributed by atoms with Crippen LogP contribution in [0.4, 0.5) is 4.79 Å². The van der Waals surface area contributed by atoms with Crippen LogP contribution in [0.25, 0.3) is 6.08 Å². The van der Waals surface area contributed by atoms with Gasteiger partial charge in [0.05, 0.1) is 18.1 Å². The van der Waals surface area contributed by atoms with E-state index in [2.05, 4.69) is 4.90 Å². The highest BCUT2D eigenvalue weighted by Gasteiger charge is 2.35. The van der Waals surface area contributed by atoms with Gasteiger partial charge in [-0.1, -0.05) is 42.5 Å². The van der Waals surface area contributed by atoms with Gasteiger partial charge in [0.25, 0.3) is 17.1 Å². The number of methoxy groups -OCH3 is 1. The standard InChI is InChI=1S/C25H27N3O4S/c1-32-15-14-26-10-12-27(13-11-26)23(29)21-9-5-8-20(16-21)17-22-24(30)28(25(31)33-22)18-19-6-3-2-4-7-19/h2-9,16-17H,10-15,18H2,1H3/b22-17-. The molecule has 0 N–H and O–H groups in total. The number of nitrogens with zero attached hydrogens (tertiary/aromatic N) is 3. The van der Waals surface area contributed by atoms with Gasteiger partial charge in [0.15, 0.2) is 0 Å². The lowest BCUT2D eigenvalue weighted by Gasteiger charge is -2.34. The molecule has 0 atom stereocenters. The molecular formula is C25H27N3O4S. The molecule has 0 bridgehead atoms. The second-order valence-corrected chi connectivity index (χ2v) is 9.00. The molecule has 2 heterocycles. The minimum atomic E-state index is -0.308. The van der Waals surface area contributed by atoms with Crippen LogP contribution in [-0.4, -0.2) is 78.2 Å². The highest BCUT2D eigenvalue weighted by atomic mass is 32.2. The summed E-state index contributed by atoms with van der Waals surface area (Å²) in [5.41, 5.74) is 2.21. The number of imide groups is 1. The number of ether oxygens (including phenoxy) is 1. The fraction of sp³-hybridized carbons (Fsp3) is 0.320. The van der Waals surface area contributed by atoms with E-state index in [4.69, 9.17) is 4.74 Å². The van der Waals surface area contributed by atoms with Gasteiger partial charge in [-0.2, -0.15) is 0 Å². The molecule has 2 fully saturated rings. The van der Waals surface area contributed by atoms with E-state index in [1.54, 1.807) is 25.3 Å². The lowest BCUT2D eigenvalue weighted by Crippen LogP contribution is -2.49. The highest BCUT2D eigenvalue weighted by Crippen LogP contribution is 2.33. The summed E-state index contributed by atoms with van der Waals surface area (Å²) in [6.07, 6.45) is 1.69. The largest absolute Gasteiger partial charge is 0.383 e. The van der Waals surface area contributed by atoms with Crippen molar-refractivity contribution in [2.24, 2.45) is 0 Å². The van der Waals surface area contributed by atoms with E-state index in [0.29, 0.717) is 30.2 Å². The number of carbonyl (C=O) groups excluding carboxylic acids is 3. The molecule has 0 saturated carbocycles. The number of carbonyl (C=O) groups is 3. The molecule has 4 rings (SSSR count). The lowest BCUT2D eigenvalue weighted by molar-refractivity contribution is -0.123. The van der Waals surface area contributed by atoms with Crippen LogP contribution in [0.3, 0.4) is 0 Å². The first-order valence-electron chi connectivity index (χ1n) is 10.9. The molecule has 0 spiro atoms. The van der Waals surface area contributed by atoms with E-state index in [-0.39, 0.29) is 23.6 Å². The van der Waals surface area contributed by atoms with Gasteiger partial charge >= 0.3 is 0 Å². The van der Waals surface area contributed by atoms with Gasteiger partial charge in [-0.25, -0.2) is 0 Å². The third-order valence-electron chi connectivity index (χ3n) is 5.76. The molecule has 2 aliphatic rings. The van der Waals surface area contributed by atoms with Crippen LogP contribution in [0.2, 0.25) is 0 Å². The molecule has 2 saturated heterocycles. The molecule has 2 aromatic carbocycles. The van der Waals surface area contributed by atoms with E-state index in [1.165, 1.54) is 4.90 Å². The summed E-state index contributed by atoms with van der Waals surface area (Å²) in [6, 6.07) is 16.7. The van der Waals surface area contributed by atoms with Crippen LogP contribution in [0.1, 0.15) is 21.5 Å². The third kappa shape index (κ3) is 5.71. The Balaban J connectivity index is 1.42. The predicted molar refractivity (Wildman–Crippen MR) is 129 cm³/mol. The predicted octanol–water partition coefficient (Wildman–Crippen LogP) is 3.33. The van der Waals surface area contributed by atoms with Gasteiger partial charge in [0.2, 0.25) is 0 Å². The number of hydrogen-bond donors (Lipinski definition) is 0. The van der Waals surface area contributed by atoms with Crippen LogP contribution < -0.4 is 0 Å². The van der Waals surface area contributed by atoms with Crippen LogP contribution >= 0.6 is 11.8 Å². The summed E-state index contributed by atoms with van der Waals surface area (Å²) in [5, 5.41) is -0.284. The molecule has 2 aliphatic heterocycles. The Morgan fingerprint density at radius 3 is 2.52 bits per heavy atom. The van der Waals surface area contributed by atoms with E-state index >= 15 is 0 Å². The van der Waals surface area contributed by atoms with E-state index < -0.39 is 0 Å². The quantitative estimate of drug-likeness (QED) is 0.585. The fourth-order valence-electron chi connectivity index (χ4n) is 3.89. The minimum absolute atomic E-state index is 0.0196. The van der Waals surface area contributed by atoms with Gasteiger partial charge in [-0.15, -0.1) is 0 Å². The molecule has 33 heavy (non-hydrogen) atoms. The van der Waals surface area contributed by atoms with Crippen molar-refractivity contribution in [1.29, 1.82) is 0 Å². The van der Waals surface area contributed by atoms with Crippen LogP contribution in [0.15, 0.2) is 59.5 Å². The van der Waals surface area contributed by atoms with Crippen molar-refractivity contribution in [3.05, 3.63) is 76.2 Å². The molecule has 8 heteroatoms. The van der Waals surface area contributed by atoms with Gasteiger partial charge in [-0.05, 0) is 41.1 Å². The fourth-order valence-corrected chi connectivity index (χ4v) is 4.73. The zero-order valence-electron chi connectivity index (χ0n) is 18.6. The lowest BCUT2D eigenvalue weighted by atomic mass is 10.1. The number of rotatable bonds is 7. The van der Waals surface area contributed by atoms with Crippen molar-refractivity contribution < 1.29 is 19.1 Å². The molecule has 0 aromatic heterocycles. The first kappa shape index (κ1) is 23.2. The minimum Gasteiger partial charge on any atom is -0.383 e. The van der Waals surface area contributed by atoms with Crippen molar-refractivity contribution in [1.82, 2.24) is 14.7 Å². The Kier molecular flexibility index (Phi) is 7.59. The number of benzene rings is 2. The van der Waals surface area contributed by atoms with E-state index in [0.717, 1.165) is 42.5 Å². The van der Waals surface area contributed by atoms with Crippen molar-refractivity contribution in [3.8, 4) is 0 Å². The molecule has 3 amide bonds. The van der Waals surface area contributed by atoms with Crippen LogP contribution in [0.5, 0.6) is 0 Å². The molecular weight excluding hydrogens is 438 g/mol. The van der Waals surface area contributed by atoms with Crippen molar-refractivity contribution in [2.45, 2.75) is 6.54 Å². The first-order chi connectivity index (χ1) is 16.0. The van der Waals surface area contributed by atoms with Crippen molar-refractivity contribution in [3.63, 3.8) is 0 Å². The first-order valence-corrected chi connectivity index (χ1v) is 11.8. The van der Waals surface area contributed by atoms with Gasteiger partial charge in [0, 0.05) is 45.4 Å². The zero-order valence-corrected chi connectivity index (χ0v) is 19.4. The van der Waals surface area contributed by atoms with Crippen molar-refractivity contribution in [2.75, 3.05) is 46.4 Å².